The van der Waals surface area contributed by atoms with Gasteiger partial charge in [0.1, 0.15) is 6.17 Å². The largest absolute Gasteiger partial charge is 0.310 e. The highest BCUT2D eigenvalue weighted by atomic mass is 35.5. The number of nitrogens with one attached hydrogen (secondary N) is 2. The van der Waals surface area contributed by atoms with Crippen LogP contribution >= 0.6 is 11.6 Å². The van der Waals surface area contributed by atoms with Crippen LogP contribution in [0.15, 0.2) is 24.3 Å². The van der Waals surface area contributed by atoms with Gasteiger partial charge in [0.2, 0.25) is 5.91 Å². The average Bonchev–Trinajstić information content (AvgIpc) is 2.88. The van der Waals surface area contributed by atoms with Gasteiger partial charge in [0.25, 0.3) is 0 Å². The van der Waals surface area contributed by atoms with E-state index in [1.165, 1.54) is 0 Å². The second kappa shape index (κ2) is 5.72. The maximum absolute atomic E-state index is 14.3. The van der Waals surface area contributed by atoms with Crippen LogP contribution in [0.2, 0.25) is 5.02 Å². The minimum Gasteiger partial charge on any atom is -0.310 e. The van der Waals surface area contributed by atoms with Crippen LogP contribution in [0.1, 0.15) is 19.8 Å². The molecule has 0 bridgehead atoms. The third-order valence-electron chi connectivity index (χ3n) is 5.69. The van der Waals surface area contributed by atoms with Gasteiger partial charge in [-0.2, -0.15) is 0 Å². The summed E-state index contributed by atoms with van der Waals surface area (Å²) in [5, 5.41) is 5.40. The number of fused-ring (bicyclic) bond motifs is 3. The van der Waals surface area contributed by atoms with Crippen molar-refractivity contribution < 1.29 is 9.18 Å². The molecule has 4 rings (SSSR count). The Balaban J connectivity index is 1.65. The standard InChI is InChI=1S/C17H21ClFN3O/c1-9-6-7-12(19)16-14(9)15-10(8-20-16)17(23)22(21-15)13-5-3-2-4-11(13)18/h2-5,9-10,12,14-16,20-21H,6-8H2,1H3. The summed E-state index contributed by atoms with van der Waals surface area (Å²) in [6, 6.07) is 7.12. The first-order valence-corrected chi connectivity index (χ1v) is 8.68. The summed E-state index contributed by atoms with van der Waals surface area (Å²) in [4.78, 5) is 12.8. The number of hydrogen-bond donors (Lipinski definition) is 2. The number of hydrazine groups is 1. The number of anilines is 1. The quantitative estimate of drug-likeness (QED) is 0.827. The lowest BCUT2D eigenvalue weighted by molar-refractivity contribution is -0.121. The molecular formula is C17H21ClFN3O. The summed E-state index contributed by atoms with van der Waals surface area (Å²) >= 11 is 6.25. The lowest BCUT2D eigenvalue weighted by atomic mass is 9.67. The van der Waals surface area contributed by atoms with E-state index >= 15 is 0 Å². The number of halogens is 2. The molecule has 2 heterocycles. The van der Waals surface area contributed by atoms with E-state index in [-0.39, 0.29) is 29.8 Å². The van der Waals surface area contributed by atoms with Crippen LogP contribution in [0.25, 0.3) is 0 Å². The van der Waals surface area contributed by atoms with Crippen molar-refractivity contribution in [1.82, 2.24) is 10.7 Å². The predicted octanol–water partition coefficient (Wildman–Crippen LogP) is 2.53. The number of nitrogens with zero attached hydrogens (tertiary/aromatic N) is 1. The Labute approximate surface area is 140 Å². The molecule has 2 saturated heterocycles. The number of amides is 1. The smallest absolute Gasteiger partial charge is 0.247 e. The second-order valence-electron chi connectivity index (χ2n) is 6.97. The van der Waals surface area contributed by atoms with Crippen LogP contribution in [0.5, 0.6) is 0 Å². The molecule has 1 saturated carbocycles. The Morgan fingerprint density at radius 1 is 1.26 bits per heavy atom. The Kier molecular flexibility index (Phi) is 3.82. The average molecular weight is 338 g/mol. The lowest BCUT2D eigenvalue weighted by Gasteiger charge is -2.47. The first kappa shape index (κ1) is 15.4. The first-order valence-electron chi connectivity index (χ1n) is 8.30. The van der Waals surface area contributed by atoms with Crippen molar-refractivity contribution in [2.45, 2.75) is 38.0 Å². The summed E-state index contributed by atoms with van der Waals surface area (Å²) in [5.41, 5.74) is 4.01. The number of hydrogen-bond acceptors (Lipinski definition) is 3. The third-order valence-corrected chi connectivity index (χ3v) is 6.01. The number of rotatable bonds is 1. The van der Waals surface area contributed by atoms with Crippen molar-refractivity contribution in [1.29, 1.82) is 0 Å². The second-order valence-corrected chi connectivity index (χ2v) is 7.38. The highest BCUT2D eigenvalue weighted by molar-refractivity contribution is 6.33. The zero-order valence-electron chi connectivity index (χ0n) is 13.0. The molecule has 4 nitrogen and oxygen atoms in total. The number of para-hydroxylation sites is 1. The monoisotopic (exact) mass is 337 g/mol. The van der Waals surface area contributed by atoms with Crippen molar-refractivity contribution in [2.75, 3.05) is 11.6 Å². The highest BCUT2D eigenvalue weighted by Gasteiger charge is 2.54. The van der Waals surface area contributed by atoms with Gasteiger partial charge in [-0.1, -0.05) is 30.7 Å². The van der Waals surface area contributed by atoms with Crippen molar-refractivity contribution in [3.63, 3.8) is 0 Å². The third kappa shape index (κ3) is 2.37. The van der Waals surface area contributed by atoms with E-state index in [4.69, 9.17) is 11.6 Å². The van der Waals surface area contributed by atoms with Gasteiger partial charge in [0.15, 0.2) is 0 Å². The molecule has 6 atom stereocenters. The lowest BCUT2D eigenvalue weighted by Crippen LogP contribution is -2.62. The molecule has 0 spiro atoms. The van der Waals surface area contributed by atoms with E-state index < -0.39 is 6.17 Å². The molecule has 2 N–H and O–H groups in total. The number of carbonyl (C=O) groups is 1. The summed E-state index contributed by atoms with van der Waals surface area (Å²) in [6.45, 7) is 2.68. The van der Waals surface area contributed by atoms with Crippen LogP contribution < -0.4 is 15.8 Å². The van der Waals surface area contributed by atoms with Crippen molar-refractivity contribution in [2.24, 2.45) is 17.8 Å². The van der Waals surface area contributed by atoms with E-state index in [0.717, 1.165) is 6.42 Å². The Morgan fingerprint density at radius 2 is 2.04 bits per heavy atom. The SMILES string of the molecule is CC1CCC(F)C2NCC3C(=O)N(c4ccccc4Cl)NC3C12. The van der Waals surface area contributed by atoms with Crippen molar-refractivity contribution in [3.8, 4) is 0 Å². The Hall–Kier alpha value is -1.17. The molecule has 23 heavy (non-hydrogen) atoms. The van der Waals surface area contributed by atoms with E-state index in [9.17, 15) is 9.18 Å². The van der Waals surface area contributed by atoms with Gasteiger partial charge in [0, 0.05) is 18.6 Å². The van der Waals surface area contributed by atoms with E-state index in [1.807, 2.05) is 18.2 Å². The molecule has 1 aromatic rings. The predicted molar refractivity (Wildman–Crippen MR) is 87.9 cm³/mol. The van der Waals surface area contributed by atoms with Crippen LogP contribution in [0, 0.1) is 17.8 Å². The van der Waals surface area contributed by atoms with Gasteiger partial charge in [-0.25, -0.2) is 14.8 Å². The zero-order valence-corrected chi connectivity index (χ0v) is 13.8. The topological polar surface area (TPSA) is 44.4 Å². The Morgan fingerprint density at radius 3 is 2.83 bits per heavy atom. The summed E-state index contributed by atoms with van der Waals surface area (Å²) in [6.07, 6.45) is 0.646. The summed E-state index contributed by atoms with van der Waals surface area (Å²) < 4.78 is 14.3. The van der Waals surface area contributed by atoms with Gasteiger partial charge in [-0.05, 0) is 36.8 Å². The maximum atomic E-state index is 14.3. The minimum absolute atomic E-state index is 0.0160. The molecule has 124 valence electrons. The van der Waals surface area contributed by atoms with Gasteiger partial charge < -0.3 is 5.32 Å². The first-order chi connectivity index (χ1) is 11.1. The van der Waals surface area contributed by atoms with Crippen LogP contribution in [0.4, 0.5) is 10.1 Å². The molecule has 6 unspecified atom stereocenters. The normalized spacial score (nSPS) is 40.0. The van der Waals surface area contributed by atoms with Gasteiger partial charge in [-0.3, -0.25) is 4.79 Å². The molecule has 1 aliphatic carbocycles. The molecule has 3 aliphatic rings. The number of piperidine rings is 1. The molecule has 3 fully saturated rings. The van der Waals surface area contributed by atoms with Gasteiger partial charge >= 0.3 is 0 Å². The number of alkyl halides is 1. The van der Waals surface area contributed by atoms with Crippen molar-refractivity contribution in [3.05, 3.63) is 29.3 Å². The van der Waals surface area contributed by atoms with Crippen LogP contribution in [-0.4, -0.2) is 30.7 Å². The fourth-order valence-corrected chi connectivity index (χ4v) is 4.73. The molecule has 1 amide bonds. The van der Waals surface area contributed by atoms with Gasteiger partial charge in [-0.15, -0.1) is 0 Å². The molecule has 2 aliphatic heterocycles. The van der Waals surface area contributed by atoms with Crippen molar-refractivity contribution >= 4 is 23.2 Å². The van der Waals surface area contributed by atoms with Gasteiger partial charge in [0.05, 0.1) is 16.6 Å². The molecule has 0 aromatic heterocycles. The summed E-state index contributed by atoms with van der Waals surface area (Å²) in [5.74, 6) is 0.357. The number of carbonyl (C=O) groups excluding carboxylic acids is 1. The molecule has 0 radical (unpaired) electrons. The molecule has 1 aromatic carbocycles. The van der Waals surface area contributed by atoms with E-state index in [1.54, 1.807) is 11.1 Å². The van der Waals surface area contributed by atoms with Crippen LogP contribution in [0.3, 0.4) is 0 Å². The summed E-state index contributed by atoms with van der Waals surface area (Å²) in [7, 11) is 0. The highest BCUT2D eigenvalue weighted by Crippen LogP contribution is 2.42. The fourth-order valence-electron chi connectivity index (χ4n) is 4.51. The maximum Gasteiger partial charge on any atom is 0.247 e. The van der Waals surface area contributed by atoms with E-state index in [2.05, 4.69) is 17.7 Å². The number of benzene rings is 1. The zero-order chi connectivity index (χ0) is 16.1. The fraction of sp³-hybridized carbons (Fsp3) is 0.588. The van der Waals surface area contributed by atoms with Crippen LogP contribution in [-0.2, 0) is 4.79 Å². The molecule has 6 heteroatoms. The van der Waals surface area contributed by atoms with E-state index in [0.29, 0.717) is 29.6 Å². The Bertz CT molecular complexity index is 628. The minimum atomic E-state index is -0.830. The molecular weight excluding hydrogens is 317 g/mol.